The number of piperazine rings is 1. The Morgan fingerprint density at radius 1 is 1.04 bits per heavy atom. The quantitative estimate of drug-likeness (QED) is 0.747. The van der Waals surface area contributed by atoms with Crippen molar-refractivity contribution < 1.29 is 14.4 Å². The average Bonchev–Trinajstić information content (AvgIpc) is 2.99. The van der Waals surface area contributed by atoms with Gasteiger partial charge in [0.25, 0.3) is 17.7 Å². The van der Waals surface area contributed by atoms with Crippen molar-refractivity contribution in [3.05, 3.63) is 34.9 Å². The lowest BCUT2D eigenvalue weighted by Gasteiger charge is -2.29. The van der Waals surface area contributed by atoms with E-state index in [4.69, 9.17) is 0 Å². The van der Waals surface area contributed by atoms with Crippen molar-refractivity contribution >= 4 is 17.7 Å². The third-order valence-corrected chi connectivity index (χ3v) is 6.04. The Bertz CT molecular complexity index is 767. The maximum atomic E-state index is 12.9. The predicted octanol–water partition coefficient (Wildman–Crippen LogP) is 1.25. The van der Waals surface area contributed by atoms with Crippen LogP contribution in [-0.2, 0) is 0 Å². The third kappa shape index (κ3) is 3.82. The molecule has 3 aliphatic rings. The second-order valence-electron chi connectivity index (χ2n) is 7.88. The van der Waals surface area contributed by atoms with Crippen molar-refractivity contribution in [3.63, 3.8) is 0 Å². The van der Waals surface area contributed by atoms with E-state index in [1.807, 2.05) is 0 Å². The summed E-state index contributed by atoms with van der Waals surface area (Å²) in [6, 6.07) is 4.86. The molecule has 4 rings (SSSR count). The zero-order valence-electron chi connectivity index (χ0n) is 16.2. The molecule has 7 nitrogen and oxygen atoms in total. The summed E-state index contributed by atoms with van der Waals surface area (Å²) in [6.07, 6.45) is 5.03. The van der Waals surface area contributed by atoms with E-state index in [1.165, 1.54) is 4.90 Å². The highest BCUT2D eigenvalue weighted by molar-refractivity contribution is 6.22. The molecule has 150 valence electrons. The molecule has 0 spiro atoms. The smallest absolute Gasteiger partial charge is 0.261 e. The van der Waals surface area contributed by atoms with Gasteiger partial charge in [-0.3, -0.25) is 24.2 Å². The monoisotopic (exact) mass is 384 g/mol. The number of amides is 3. The van der Waals surface area contributed by atoms with Gasteiger partial charge in [-0.1, -0.05) is 19.3 Å². The van der Waals surface area contributed by atoms with E-state index in [2.05, 4.69) is 15.5 Å². The van der Waals surface area contributed by atoms with Gasteiger partial charge < -0.3 is 10.6 Å². The highest BCUT2D eigenvalue weighted by Crippen LogP contribution is 2.31. The van der Waals surface area contributed by atoms with Gasteiger partial charge in [0.1, 0.15) is 0 Å². The lowest BCUT2D eigenvalue weighted by atomic mass is 9.94. The average molecular weight is 384 g/mol. The van der Waals surface area contributed by atoms with Crippen molar-refractivity contribution in [1.29, 1.82) is 0 Å². The molecular weight excluding hydrogens is 356 g/mol. The van der Waals surface area contributed by atoms with Gasteiger partial charge in [0.05, 0.1) is 11.1 Å². The van der Waals surface area contributed by atoms with E-state index in [-0.39, 0.29) is 23.8 Å². The SMILES string of the molecule is O=C(NCCN1CCNCC1)c1ccc2c(c1)C(=O)N(C1CCCCC1)C2=O. The molecule has 1 aromatic carbocycles. The number of nitrogens with one attached hydrogen (secondary N) is 2. The maximum Gasteiger partial charge on any atom is 0.261 e. The zero-order valence-corrected chi connectivity index (χ0v) is 16.2. The number of carbonyl (C=O) groups excluding carboxylic acids is 3. The molecule has 0 atom stereocenters. The molecule has 2 fully saturated rings. The molecule has 2 heterocycles. The van der Waals surface area contributed by atoms with Crippen LogP contribution in [0.2, 0.25) is 0 Å². The molecule has 0 bridgehead atoms. The predicted molar refractivity (Wildman–Crippen MR) is 105 cm³/mol. The summed E-state index contributed by atoms with van der Waals surface area (Å²) >= 11 is 0. The summed E-state index contributed by atoms with van der Waals surface area (Å²) in [7, 11) is 0. The summed E-state index contributed by atoms with van der Waals surface area (Å²) in [5.41, 5.74) is 1.23. The molecule has 0 aromatic heterocycles. The number of benzene rings is 1. The van der Waals surface area contributed by atoms with Crippen molar-refractivity contribution in [1.82, 2.24) is 20.4 Å². The van der Waals surface area contributed by atoms with Crippen molar-refractivity contribution in [2.75, 3.05) is 39.3 Å². The summed E-state index contributed by atoms with van der Waals surface area (Å²) in [4.78, 5) is 41.8. The Hall–Kier alpha value is -2.25. The number of nitrogens with zero attached hydrogens (tertiary/aromatic N) is 2. The Balaban J connectivity index is 1.40. The molecule has 7 heteroatoms. The van der Waals surface area contributed by atoms with Gasteiger partial charge in [-0.25, -0.2) is 0 Å². The Labute approximate surface area is 165 Å². The highest BCUT2D eigenvalue weighted by atomic mass is 16.2. The van der Waals surface area contributed by atoms with E-state index in [0.29, 0.717) is 23.2 Å². The first kappa shape index (κ1) is 19.1. The van der Waals surface area contributed by atoms with Gasteiger partial charge >= 0.3 is 0 Å². The summed E-state index contributed by atoms with van der Waals surface area (Å²) < 4.78 is 0. The minimum atomic E-state index is -0.248. The second kappa shape index (κ2) is 8.41. The fraction of sp³-hybridized carbons (Fsp3) is 0.571. The molecule has 1 aliphatic carbocycles. The van der Waals surface area contributed by atoms with Crippen LogP contribution < -0.4 is 10.6 Å². The zero-order chi connectivity index (χ0) is 19.5. The van der Waals surface area contributed by atoms with Crippen molar-refractivity contribution in [3.8, 4) is 0 Å². The molecule has 1 aromatic rings. The van der Waals surface area contributed by atoms with Gasteiger partial charge in [-0.2, -0.15) is 0 Å². The van der Waals surface area contributed by atoms with Crippen LogP contribution >= 0.6 is 0 Å². The van der Waals surface area contributed by atoms with Gasteiger partial charge in [0.2, 0.25) is 0 Å². The number of imide groups is 1. The van der Waals surface area contributed by atoms with Gasteiger partial charge in [0, 0.05) is 50.9 Å². The summed E-state index contributed by atoms with van der Waals surface area (Å²) in [6.45, 7) is 5.31. The number of hydrogen-bond donors (Lipinski definition) is 2. The molecule has 2 N–H and O–H groups in total. The lowest BCUT2D eigenvalue weighted by Crippen LogP contribution is -2.46. The van der Waals surface area contributed by atoms with E-state index >= 15 is 0 Å². The molecule has 0 radical (unpaired) electrons. The Morgan fingerprint density at radius 3 is 2.50 bits per heavy atom. The largest absolute Gasteiger partial charge is 0.351 e. The number of rotatable bonds is 5. The van der Waals surface area contributed by atoms with Gasteiger partial charge in [0.15, 0.2) is 0 Å². The van der Waals surface area contributed by atoms with Crippen molar-refractivity contribution in [2.45, 2.75) is 38.1 Å². The Kier molecular flexibility index (Phi) is 5.73. The second-order valence-corrected chi connectivity index (χ2v) is 7.88. The molecule has 28 heavy (non-hydrogen) atoms. The lowest BCUT2D eigenvalue weighted by molar-refractivity contribution is 0.0549. The molecule has 0 unspecified atom stereocenters. The maximum absolute atomic E-state index is 12.9. The van der Waals surface area contributed by atoms with E-state index in [1.54, 1.807) is 18.2 Å². The van der Waals surface area contributed by atoms with E-state index in [9.17, 15) is 14.4 Å². The van der Waals surface area contributed by atoms with Crippen molar-refractivity contribution in [2.24, 2.45) is 0 Å². The normalized spacial score (nSPS) is 21.1. The molecule has 1 saturated heterocycles. The minimum Gasteiger partial charge on any atom is -0.351 e. The Morgan fingerprint density at radius 2 is 1.75 bits per heavy atom. The molecule has 1 saturated carbocycles. The standard InChI is InChI=1S/C21H28N4O3/c26-19(23-10-13-24-11-8-22-9-12-24)15-6-7-17-18(14-15)21(28)25(20(17)27)16-4-2-1-3-5-16/h6-7,14,16,22H,1-5,8-13H2,(H,23,26). The minimum absolute atomic E-state index is 0.00235. The van der Waals surface area contributed by atoms with Crippen LogP contribution in [0, 0.1) is 0 Å². The third-order valence-electron chi connectivity index (χ3n) is 6.04. The number of hydrogen-bond acceptors (Lipinski definition) is 5. The van der Waals surface area contributed by atoms with Gasteiger partial charge in [-0.05, 0) is 31.0 Å². The van der Waals surface area contributed by atoms with Crippen LogP contribution in [0.15, 0.2) is 18.2 Å². The summed E-state index contributed by atoms with van der Waals surface area (Å²) in [5, 5.41) is 6.23. The first-order chi connectivity index (χ1) is 13.6. The topological polar surface area (TPSA) is 81.8 Å². The van der Waals surface area contributed by atoms with Crippen LogP contribution in [0.3, 0.4) is 0 Å². The summed E-state index contributed by atoms with van der Waals surface area (Å²) in [5.74, 6) is -0.658. The number of carbonyl (C=O) groups is 3. The number of fused-ring (bicyclic) bond motifs is 1. The van der Waals surface area contributed by atoms with E-state index in [0.717, 1.165) is 64.8 Å². The molecule has 2 aliphatic heterocycles. The van der Waals surface area contributed by atoms with Crippen LogP contribution in [0.1, 0.15) is 63.2 Å². The first-order valence-corrected chi connectivity index (χ1v) is 10.4. The molecular formula is C21H28N4O3. The first-order valence-electron chi connectivity index (χ1n) is 10.4. The van der Waals surface area contributed by atoms with Crippen LogP contribution in [0.25, 0.3) is 0 Å². The van der Waals surface area contributed by atoms with Crippen LogP contribution in [0.5, 0.6) is 0 Å². The fourth-order valence-corrected chi connectivity index (χ4v) is 4.44. The van der Waals surface area contributed by atoms with Crippen LogP contribution in [0.4, 0.5) is 0 Å². The van der Waals surface area contributed by atoms with E-state index < -0.39 is 0 Å². The fourth-order valence-electron chi connectivity index (χ4n) is 4.44. The molecule has 3 amide bonds. The highest BCUT2D eigenvalue weighted by Gasteiger charge is 2.40. The van der Waals surface area contributed by atoms with Crippen LogP contribution in [-0.4, -0.2) is 72.8 Å². The van der Waals surface area contributed by atoms with Gasteiger partial charge in [-0.15, -0.1) is 0 Å².